The molecular weight excluding hydrogens is 725 g/mol. The lowest BCUT2D eigenvalue weighted by molar-refractivity contribution is -0.870. The summed E-state index contributed by atoms with van der Waals surface area (Å²) in [5, 5.41) is 10.3. The Morgan fingerprint density at radius 3 is 1.88 bits per heavy atom. The Labute approximate surface area is 342 Å². The Balaban J connectivity index is 4.54. The van der Waals surface area contributed by atoms with E-state index in [1.54, 1.807) is 18.4 Å². The maximum atomic E-state index is 12.7. The highest BCUT2D eigenvalue weighted by Crippen LogP contribution is 2.38. The minimum Gasteiger partial charge on any atom is -0.756 e. The molecule has 322 valence electrons. The van der Waals surface area contributed by atoms with Gasteiger partial charge < -0.3 is 33.0 Å². The van der Waals surface area contributed by atoms with Gasteiger partial charge in [-0.25, -0.2) is 0 Å². The Morgan fingerprint density at radius 2 is 1.27 bits per heavy atom. The molecule has 0 heterocycles. The Bertz CT molecular complexity index is 1180. The molecule has 0 aromatic heterocycles. The summed E-state index contributed by atoms with van der Waals surface area (Å²) in [6.07, 6.45) is 47.2. The minimum atomic E-state index is -4.60. The summed E-state index contributed by atoms with van der Waals surface area (Å²) in [6.45, 7) is 4.35. The summed E-state index contributed by atoms with van der Waals surface area (Å²) < 4.78 is 34.1. The Hall–Kier alpha value is -2.52. The van der Waals surface area contributed by atoms with E-state index in [0.717, 1.165) is 44.9 Å². The van der Waals surface area contributed by atoms with Crippen molar-refractivity contribution in [2.75, 3.05) is 47.5 Å². The van der Waals surface area contributed by atoms with Gasteiger partial charge in [-0.3, -0.25) is 9.36 Å². The topological polar surface area (TPSA) is 114 Å². The molecule has 0 rings (SSSR count). The second kappa shape index (κ2) is 38.0. The number of phosphoric acid groups is 1. The molecule has 0 aliphatic heterocycles. The monoisotopic (exact) mass is 806 g/mol. The van der Waals surface area contributed by atoms with E-state index in [4.69, 9.17) is 18.5 Å². The average molecular weight is 806 g/mol. The maximum Gasteiger partial charge on any atom is 0.306 e. The van der Waals surface area contributed by atoms with Gasteiger partial charge in [-0.05, 0) is 83.1 Å². The van der Waals surface area contributed by atoms with Crippen molar-refractivity contribution >= 4 is 13.8 Å². The number of rotatable bonds is 38. The molecule has 0 aliphatic rings. The zero-order chi connectivity index (χ0) is 41.4. The molecule has 0 radical (unpaired) electrons. The first-order chi connectivity index (χ1) is 27.0. The molecule has 0 aromatic carbocycles. The SMILES string of the molecule is CC/C=C\C/C=C\C/C=C\C/C=C\C=C\C(O)CCCC(=O)O[C@H](CO/C=C/CCCCCCCC/C=C\CCCCCC)COP(=O)([O-])OCC[N+](C)(C)C. The number of allylic oxidation sites excluding steroid dienone is 12. The molecule has 0 saturated heterocycles. The number of hydrogen-bond donors (Lipinski definition) is 1. The molecular formula is C46H80NO8P. The highest BCUT2D eigenvalue weighted by molar-refractivity contribution is 7.45. The van der Waals surface area contributed by atoms with Crippen molar-refractivity contribution in [3.05, 3.63) is 85.3 Å². The van der Waals surface area contributed by atoms with E-state index in [9.17, 15) is 19.4 Å². The van der Waals surface area contributed by atoms with Crippen LogP contribution in [0, 0.1) is 0 Å². The predicted molar refractivity (Wildman–Crippen MR) is 232 cm³/mol. The number of unbranched alkanes of at least 4 members (excludes halogenated alkanes) is 11. The number of hydrogen-bond acceptors (Lipinski definition) is 8. The van der Waals surface area contributed by atoms with Gasteiger partial charge in [-0.1, -0.05) is 132 Å². The van der Waals surface area contributed by atoms with Crippen LogP contribution >= 0.6 is 7.82 Å². The number of nitrogens with zero attached hydrogens (tertiary/aromatic N) is 1. The largest absolute Gasteiger partial charge is 0.756 e. The van der Waals surface area contributed by atoms with Gasteiger partial charge in [0.15, 0.2) is 6.10 Å². The molecule has 0 bridgehead atoms. The summed E-state index contributed by atoms with van der Waals surface area (Å²) >= 11 is 0. The predicted octanol–water partition coefficient (Wildman–Crippen LogP) is 11.2. The van der Waals surface area contributed by atoms with Gasteiger partial charge in [0.1, 0.15) is 19.8 Å². The van der Waals surface area contributed by atoms with Crippen molar-refractivity contribution in [2.45, 2.75) is 154 Å². The van der Waals surface area contributed by atoms with Gasteiger partial charge in [0, 0.05) is 6.42 Å². The number of ether oxygens (including phenoxy) is 2. The molecule has 3 atom stereocenters. The molecule has 10 heteroatoms. The van der Waals surface area contributed by atoms with Crippen LogP contribution in [0.25, 0.3) is 0 Å². The van der Waals surface area contributed by atoms with Crippen LogP contribution in [0.5, 0.6) is 0 Å². The minimum absolute atomic E-state index is 0.0242. The molecule has 2 unspecified atom stereocenters. The van der Waals surface area contributed by atoms with Gasteiger partial charge in [-0.15, -0.1) is 0 Å². The van der Waals surface area contributed by atoms with E-state index < -0.39 is 32.6 Å². The molecule has 0 aromatic rings. The second-order valence-corrected chi connectivity index (χ2v) is 16.6. The van der Waals surface area contributed by atoms with E-state index in [1.165, 1.54) is 64.2 Å². The summed E-state index contributed by atoms with van der Waals surface area (Å²) in [5.74, 6) is -0.522. The van der Waals surface area contributed by atoms with Crippen LogP contribution < -0.4 is 4.89 Å². The van der Waals surface area contributed by atoms with Crippen molar-refractivity contribution in [3.8, 4) is 0 Å². The first-order valence-electron chi connectivity index (χ1n) is 21.5. The Kier molecular flexibility index (Phi) is 36.3. The first-order valence-corrected chi connectivity index (χ1v) is 22.9. The van der Waals surface area contributed by atoms with Crippen molar-refractivity contribution in [2.24, 2.45) is 0 Å². The number of aliphatic hydroxyl groups excluding tert-OH is 1. The third-order valence-electron chi connectivity index (χ3n) is 8.60. The van der Waals surface area contributed by atoms with E-state index in [1.807, 2.05) is 39.4 Å². The van der Waals surface area contributed by atoms with Crippen LogP contribution in [-0.4, -0.2) is 75.3 Å². The summed E-state index contributed by atoms with van der Waals surface area (Å²) in [4.78, 5) is 25.0. The molecule has 56 heavy (non-hydrogen) atoms. The molecule has 0 saturated carbocycles. The standard InChI is InChI=1S/C46H80NO8P/c1-6-8-10-12-14-16-18-20-21-22-24-26-28-30-32-34-40-52-42-45(43-54-56(50,51)53-41-39-47(3,4)5)55-46(49)38-35-37-44(48)36-33-31-29-27-25-23-19-17-15-13-11-9-7-2/h9,11,15-18,23,25,29,31,33-34,36,40,44-45,48H,6-8,10,12-14,19-22,24,26-28,30,32,35,37-39,41-43H2,1-5H3/b11-9-,17-15-,18-16-,25-23-,31-29-,36-33+,40-34+/t44?,45-/m1/s1. The Morgan fingerprint density at radius 1 is 0.696 bits per heavy atom. The molecule has 9 nitrogen and oxygen atoms in total. The molecule has 0 aliphatic carbocycles. The maximum absolute atomic E-state index is 12.7. The van der Waals surface area contributed by atoms with Crippen LogP contribution in [0.4, 0.5) is 0 Å². The van der Waals surface area contributed by atoms with Crippen molar-refractivity contribution in [1.29, 1.82) is 0 Å². The van der Waals surface area contributed by atoms with Crippen molar-refractivity contribution in [3.63, 3.8) is 0 Å². The van der Waals surface area contributed by atoms with Gasteiger partial charge in [0.2, 0.25) is 0 Å². The number of esters is 1. The summed E-state index contributed by atoms with van der Waals surface area (Å²) in [6, 6.07) is 0. The van der Waals surface area contributed by atoms with Gasteiger partial charge in [-0.2, -0.15) is 0 Å². The molecule has 0 fully saturated rings. The fourth-order valence-electron chi connectivity index (χ4n) is 5.24. The van der Waals surface area contributed by atoms with Gasteiger partial charge in [0.25, 0.3) is 7.82 Å². The fraction of sp³-hybridized carbons (Fsp3) is 0.674. The van der Waals surface area contributed by atoms with E-state index >= 15 is 0 Å². The zero-order valence-electron chi connectivity index (χ0n) is 35.9. The highest BCUT2D eigenvalue weighted by atomic mass is 31.2. The third kappa shape index (κ3) is 41.1. The lowest BCUT2D eigenvalue weighted by Crippen LogP contribution is -2.37. The quantitative estimate of drug-likeness (QED) is 0.0125. The average Bonchev–Trinajstić information content (AvgIpc) is 3.14. The lowest BCUT2D eigenvalue weighted by Gasteiger charge is -2.28. The highest BCUT2D eigenvalue weighted by Gasteiger charge is 2.20. The first kappa shape index (κ1) is 53.5. The van der Waals surface area contributed by atoms with E-state index in [0.29, 0.717) is 23.9 Å². The van der Waals surface area contributed by atoms with Crippen molar-refractivity contribution in [1.82, 2.24) is 0 Å². The lowest BCUT2D eigenvalue weighted by atomic mass is 10.1. The van der Waals surface area contributed by atoms with Crippen molar-refractivity contribution < 1.29 is 42.4 Å². The number of carbonyl (C=O) groups excluding carboxylic acids is 1. The third-order valence-corrected chi connectivity index (χ3v) is 9.56. The second-order valence-electron chi connectivity index (χ2n) is 15.2. The number of aliphatic hydroxyl groups is 1. The number of phosphoric ester groups is 1. The number of likely N-dealkylation sites (N-methyl/N-ethyl adjacent to an activating group) is 1. The van der Waals surface area contributed by atoms with Crippen LogP contribution in [-0.2, 0) is 27.9 Å². The fourth-order valence-corrected chi connectivity index (χ4v) is 5.97. The number of quaternary nitrogens is 1. The number of carbonyl (C=O) groups is 1. The smallest absolute Gasteiger partial charge is 0.306 e. The van der Waals surface area contributed by atoms with E-state index in [2.05, 4.69) is 62.5 Å². The molecule has 0 spiro atoms. The van der Waals surface area contributed by atoms with Crippen LogP contribution in [0.15, 0.2) is 85.3 Å². The van der Waals surface area contributed by atoms with Crippen LogP contribution in [0.3, 0.4) is 0 Å². The zero-order valence-corrected chi connectivity index (χ0v) is 36.8. The molecule has 0 amide bonds. The summed E-state index contributed by atoms with van der Waals surface area (Å²) in [5.41, 5.74) is 0. The van der Waals surface area contributed by atoms with Crippen LogP contribution in [0.1, 0.15) is 142 Å². The van der Waals surface area contributed by atoms with Crippen LogP contribution in [0.2, 0.25) is 0 Å². The van der Waals surface area contributed by atoms with Gasteiger partial charge >= 0.3 is 5.97 Å². The normalized spacial score (nSPS) is 15.1. The van der Waals surface area contributed by atoms with E-state index in [-0.39, 0.29) is 19.6 Å². The summed E-state index contributed by atoms with van der Waals surface area (Å²) in [7, 11) is 1.19. The van der Waals surface area contributed by atoms with Gasteiger partial charge in [0.05, 0.1) is 40.1 Å². The molecule has 1 N–H and O–H groups in total.